The van der Waals surface area contributed by atoms with E-state index in [2.05, 4.69) is 10.0 Å². The third-order valence-corrected chi connectivity index (χ3v) is 9.52. The zero-order valence-electron chi connectivity index (χ0n) is 25.8. The van der Waals surface area contributed by atoms with Gasteiger partial charge < -0.3 is 25.0 Å². The summed E-state index contributed by atoms with van der Waals surface area (Å²) in [5, 5.41) is 14.8. The number of aliphatic hydroxyl groups is 1. The molecule has 46 heavy (non-hydrogen) atoms. The Hall–Kier alpha value is -4.68. The molecule has 0 saturated carbocycles. The maximum atomic E-state index is 13.5. The molecule has 4 aromatic carbocycles. The van der Waals surface area contributed by atoms with E-state index >= 15 is 0 Å². The lowest BCUT2D eigenvalue weighted by molar-refractivity contribution is -0.134. The van der Waals surface area contributed by atoms with E-state index in [0.29, 0.717) is 17.0 Å². The van der Waals surface area contributed by atoms with Gasteiger partial charge in [0.05, 0.1) is 36.2 Å². The van der Waals surface area contributed by atoms with Gasteiger partial charge in [0, 0.05) is 36.1 Å². The van der Waals surface area contributed by atoms with Crippen molar-refractivity contribution in [1.29, 1.82) is 0 Å². The van der Waals surface area contributed by atoms with Crippen LogP contribution in [0, 0.1) is 11.7 Å². The van der Waals surface area contributed by atoms with Crippen LogP contribution in [-0.2, 0) is 21.2 Å². The fraction of sp³-hybridized carbons (Fsp3) is 0.294. The Morgan fingerprint density at radius 2 is 1.80 bits per heavy atom. The molecule has 3 amide bonds. The third-order valence-electron chi connectivity index (χ3n) is 8.12. The van der Waals surface area contributed by atoms with Crippen LogP contribution >= 0.6 is 0 Å². The highest BCUT2D eigenvalue weighted by molar-refractivity contribution is 7.92. The van der Waals surface area contributed by atoms with Crippen molar-refractivity contribution < 1.29 is 32.2 Å². The highest BCUT2D eigenvalue weighted by Gasteiger charge is 2.32. The van der Waals surface area contributed by atoms with Gasteiger partial charge in [-0.05, 0) is 60.8 Å². The number of carbonyl (C=O) groups is 2. The fourth-order valence-electron chi connectivity index (χ4n) is 5.44. The lowest BCUT2D eigenvalue weighted by atomic mass is 10.0. The number of aliphatic hydroxyl groups excluding tert-OH is 1. The van der Waals surface area contributed by atoms with E-state index in [1.165, 1.54) is 17.0 Å². The molecular formula is C34H37FN4O6S. The van der Waals surface area contributed by atoms with E-state index in [4.69, 9.17) is 4.74 Å². The monoisotopic (exact) mass is 648 g/mol. The van der Waals surface area contributed by atoms with Crippen LogP contribution in [-0.4, -0.2) is 74.2 Å². The first kappa shape index (κ1) is 32.7. The number of sulfonamides is 1. The third kappa shape index (κ3) is 7.40. The highest BCUT2D eigenvalue weighted by Crippen LogP contribution is 2.30. The van der Waals surface area contributed by atoms with Gasteiger partial charge in [-0.2, -0.15) is 0 Å². The molecule has 1 aliphatic heterocycles. The number of hydrogen-bond acceptors (Lipinski definition) is 6. The molecule has 1 aliphatic rings. The largest absolute Gasteiger partial charge is 0.488 e. The first-order valence-electron chi connectivity index (χ1n) is 14.9. The summed E-state index contributed by atoms with van der Waals surface area (Å²) in [6, 6.07) is 21.7. The van der Waals surface area contributed by atoms with E-state index in [-0.39, 0.29) is 54.6 Å². The fourth-order valence-corrected chi connectivity index (χ4v) is 6.49. The molecule has 0 bridgehead atoms. The van der Waals surface area contributed by atoms with Crippen LogP contribution in [0.4, 0.5) is 20.6 Å². The molecule has 5 rings (SSSR count). The number of amides is 3. The van der Waals surface area contributed by atoms with Crippen molar-refractivity contribution in [2.75, 3.05) is 36.8 Å². The molecule has 0 aromatic heterocycles. The van der Waals surface area contributed by atoms with Crippen LogP contribution in [0.25, 0.3) is 10.8 Å². The van der Waals surface area contributed by atoms with Crippen molar-refractivity contribution in [1.82, 2.24) is 9.80 Å². The average Bonchev–Trinajstić information content (AvgIpc) is 3.08. The van der Waals surface area contributed by atoms with Crippen molar-refractivity contribution >= 4 is 44.1 Å². The molecule has 242 valence electrons. The van der Waals surface area contributed by atoms with Crippen LogP contribution in [0.15, 0.2) is 89.8 Å². The van der Waals surface area contributed by atoms with Crippen molar-refractivity contribution in [3.8, 4) is 5.75 Å². The van der Waals surface area contributed by atoms with Crippen molar-refractivity contribution in [3.05, 3.63) is 96.3 Å². The number of nitrogens with zero attached hydrogens (tertiary/aromatic N) is 2. The number of hydrogen-bond donors (Lipinski definition) is 3. The SMILES string of the molecule is C[C@@H]1CN([C@@H](C)CO)C(=O)Cc2cc(NS(=O)(=O)c3ccc(F)cc3)ccc2O[C@@H]1CN(C)C(=O)Nc1cccc2ccccc12. The summed E-state index contributed by atoms with van der Waals surface area (Å²) in [5.41, 5.74) is 1.30. The van der Waals surface area contributed by atoms with E-state index in [1.807, 2.05) is 49.4 Å². The summed E-state index contributed by atoms with van der Waals surface area (Å²) in [5.74, 6) is -0.710. The van der Waals surface area contributed by atoms with Crippen LogP contribution in [0.5, 0.6) is 5.75 Å². The number of benzene rings is 4. The Bertz CT molecular complexity index is 1830. The van der Waals surface area contributed by atoms with Crippen molar-refractivity contribution in [2.45, 2.75) is 37.3 Å². The molecule has 3 N–H and O–H groups in total. The van der Waals surface area contributed by atoms with Crippen LogP contribution in [0.2, 0.25) is 0 Å². The first-order valence-corrected chi connectivity index (χ1v) is 16.4. The smallest absolute Gasteiger partial charge is 0.321 e. The summed E-state index contributed by atoms with van der Waals surface area (Å²) >= 11 is 0. The lowest BCUT2D eigenvalue weighted by Crippen LogP contribution is -2.48. The molecule has 10 nitrogen and oxygen atoms in total. The molecule has 0 saturated heterocycles. The molecular weight excluding hydrogens is 611 g/mol. The average molecular weight is 649 g/mol. The van der Waals surface area contributed by atoms with E-state index < -0.39 is 28.0 Å². The van der Waals surface area contributed by atoms with Crippen LogP contribution in [0.1, 0.15) is 19.4 Å². The second kappa shape index (κ2) is 13.8. The number of likely N-dealkylation sites (N-methyl/N-ethyl adjacent to an activating group) is 1. The number of ether oxygens (including phenoxy) is 1. The predicted molar refractivity (Wildman–Crippen MR) is 175 cm³/mol. The molecule has 0 unspecified atom stereocenters. The van der Waals surface area contributed by atoms with Crippen LogP contribution < -0.4 is 14.8 Å². The lowest BCUT2D eigenvalue weighted by Gasteiger charge is -2.34. The number of anilines is 2. The number of urea groups is 1. The maximum Gasteiger partial charge on any atom is 0.321 e. The van der Waals surface area contributed by atoms with Crippen LogP contribution in [0.3, 0.4) is 0 Å². The quantitative estimate of drug-likeness (QED) is 0.244. The zero-order chi connectivity index (χ0) is 33.0. The molecule has 0 fully saturated rings. The Kier molecular flexibility index (Phi) is 9.78. The van der Waals surface area contributed by atoms with E-state index in [0.717, 1.165) is 35.0 Å². The minimum atomic E-state index is -4.04. The Balaban J connectivity index is 1.41. The normalized spacial score (nSPS) is 17.6. The second-order valence-corrected chi connectivity index (χ2v) is 13.3. The van der Waals surface area contributed by atoms with Gasteiger partial charge in [-0.1, -0.05) is 43.3 Å². The molecule has 12 heteroatoms. The van der Waals surface area contributed by atoms with Gasteiger partial charge in [-0.25, -0.2) is 17.6 Å². The Morgan fingerprint density at radius 1 is 1.09 bits per heavy atom. The molecule has 4 aromatic rings. The second-order valence-electron chi connectivity index (χ2n) is 11.6. The summed E-state index contributed by atoms with van der Waals surface area (Å²) in [6.07, 6.45) is -0.675. The number of nitrogens with one attached hydrogen (secondary N) is 2. The molecule has 3 atom stereocenters. The van der Waals surface area contributed by atoms with Gasteiger partial charge in [-0.15, -0.1) is 0 Å². The maximum absolute atomic E-state index is 13.5. The minimum absolute atomic E-state index is 0.108. The number of carbonyl (C=O) groups excluding carboxylic acids is 2. The number of halogens is 1. The first-order chi connectivity index (χ1) is 21.9. The van der Waals surface area contributed by atoms with Gasteiger partial charge in [-0.3, -0.25) is 9.52 Å². The summed E-state index contributed by atoms with van der Waals surface area (Å²) < 4.78 is 48.3. The highest BCUT2D eigenvalue weighted by atomic mass is 32.2. The molecule has 0 radical (unpaired) electrons. The van der Waals surface area contributed by atoms with E-state index in [1.54, 1.807) is 24.9 Å². The number of fused-ring (bicyclic) bond motifs is 2. The predicted octanol–water partition coefficient (Wildman–Crippen LogP) is 5.09. The topological polar surface area (TPSA) is 128 Å². The van der Waals surface area contributed by atoms with Crippen molar-refractivity contribution in [3.63, 3.8) is 0 Å². The van der Waals surface area contributed by atoms with E-state index in [9.17, 15) is 27.5 Å². The van der Waals surface area contributed by atoms with Gasteiger partial charge in [0.25, 0.3) is 10.0 Å². The van der Waals surface area contributed by atoms with Gasteiger partial charge in [0.15, 0.2) is 0 Å². The Morgan fingerprint density at radius 3 is 2.54 bits per heavy atom. The molecule has 0 aliphatic carbocycles. The molecule has 0 spiro atoms. The van der Waals surface area contributed by atoms with Gasteiger partial charge in [0.1, 0.15) is 17.7 Å². The van der Waals surface area contributed by atoms with Gasteiger partial charge in [0.2, 0.25) is 5.91 Å². The summed E-state index contributed by atoms with van der Waals surface area (Å²) in [4.78, 5) is 29.9. The summed E-state index contributed by atoms with van der Waals surface area (Å²) in [7, 11) is -2.38. The molecule has 1 heterocycles. The van der Waals surface area contributed by atoms with Crippen molar-refractivity contribution in [2.24, 2.45) is 5.92 Å². The standard InChI is InChI=1S/C34H37FN4O6S/c1-22-19-39(23(2)21-40)33(41)18-25-17-27(37-46(43,44)28-14-11-26(35)12-15-28)13-16-31(25)45-32(22)20-38(3)34(42)36-30-10-6-8-24-7-4-5-9-29(24)30/h4-17,22-23,32,37,40H,18-21H2,1-3H3,(H,36,42)/t22-,23+,32-/m1/s1. The Labute approximate surface area is 267 Å². The summed E-state index contributed by atoms with van der Waals surface area (Å²) in [6.45, 7) is 3.85. The minimum Gasteiger partial charge on any atom is -0.488 e. The van der Waals surface area contributed by atoms with Gasteiger partial charge >= 0.3 is 6.03 Å². The number of rotatable bonds is 8. The zero-order valence-corrected chi connectivity index (χ0v) is 26.6.